The van der Waals surface area contributed by atoms with Gasteiger partial charge in [-0.3, -0.25) is 4.79 Å². The minimum Gasteiger partial charge on any atom is -0.493 e. The molecule has 0 aliphatic heterocycles. The Morgan fingerprint density at radius 1 is 1.09 bits per heavy atom. The molecular weight excluding hydrogens is 442 g/mol. The van der Waals surface area contributed by atoms with E-state index in [9.17, 15) is 9.59 Å². The Kier molecular flexibility index (Phi) is 7.08. The van der Waals surface area contributed by atoms with Crippen LogP contribution in [-0.2, 0) is 6.54 Å². The number of nitrogens with zero attached hydrogens (tertiary/aromatic N) is 1. The molecule has 1 fully saturated rings. The Bertz CT molecular complexity index is 1200. The Balaban J connectivity index is 1.66. The number of benzene rings is 2. The Morgan fingerprint density at radius 2 is 1.82 bits per heavy atom. The predicted molar refractivity (Wildman–Crippen MR) is 131 cm³/mol. The molecule has 8 heteroatoms. The topological polar surface area (TPSA) is 83.7 Å². The van der Waals surface area contributed by atoms with Crippen LogP contribution in [0.25, 0.3) is 10.9 Å². The molecule has 1 saturated carbocycles. The second-order valence-electron chi connectivity index (χ2n) is 8.28. The van der Waals surface area contributed by atoms with Gasteiger partial charge in [0.1, 0.15) is 0 Å². The van der Waals surface area contributed by atoms with Crippen molar-refractivity contribution < 1.29 is 14.3 Å². The molecule has 2 aromatic carbocycles. The standard InChI is InChI=1S/C25H28ClN3O4/c1-32-22-12-16-11-17(24(30)28-21(16)14-23(22)33-2)15-29(20-9-4-3-5-10-20)25(31)27-19-8-6-7-18(26)13-19/h6-8,11-14,20H,3-5,9-10,15H2,1-2H3,(H,27,31)(H,28,30). The molecule has 4 rings (SSSR count). The van der Waals surface area contributed by atoms with Gasteiger partial charge in [-0.05, 0) is 43.2 Å². The zero-order valence-corrected chi connectivity index (χ0v) is 19.6. The van der Waals surface area contributed by atoms with Crippen molar-refractivity contribution in [2.24, 2.45) is 0 Å². The van der Waals surface area contributed by atoms with Crippen LogP contribution in [0.5, 0.6) is 11.5 Å². The smallest absolute Gasteiger partial charge is 0.322 e. The van der Waals surface area contributed by atoms with Gasteiger partial charge < -0.3 is 24.7 Å². The molecule has 174 valence electrons. The van der Waals surface area contributed by atoms with Gasteiger partial charge in [-0.25, -0.2) is 4.79 Å². The average molecular weight is 470 g/mol. The Labute approximate surface area is 197 Å². The molecule has 0 bridgehead atoms. The lowest BCUT2D eigenvalue weighted by atomic mass is 9.94. The first-order valence-electron chi connectivity index (χ1n) is 11.1. The number of hydrogen-bond acceptors (Lipinski definition) is 4. The van der Waals surface area contributed by atoms with E-state index in [0.717, 1.165) is 31.1 Å². The van der Waals surface area contributed by atoms with Gasteiger partial charge in [0.15, 0.2) is 11.5 Å². The van der Waals surface area contributed by atoms with Crippen LogP contribution in [0.15, 0.2) is 47.3 Å². The van der Waals surface area contributed by atoms with Crippen molar-refractivity contribution in [3.8, 4) is 11.5 Å². The number of methoxy groups -OCH3 is 2. The molecule has 0 saturated heterocycles. The van der Waals surface area contributed by atoms with Crippen LogP contribution in [-0.4, -0.2) is 36.2 Å². The zero-order valence-electron chi connectivity index (χ0n) is 18.8. The number of hydrogen-bond donors (Lipinski definition) is 2. The number of H-pyrrole nitrogens is 1. The molecule has 1 aromatic heterocycles. The third-order valence-electron chi connectivity index (χ3n) is 6.12. The number of aromatic amines is 1. The molecule has 2 amide bonds. The SMILES string of the molecule is COc1cc2cc(CN(C(=O)Nc3cccc(Cl)c3)C3CCCCC3)c(=O)[nH]c2cc1OC. The second-order valence-corrected chi connectivity index (χ2v) is 8.71. The highest BCUT2D eigenvalue weighted by atomic mass is 35.5. The normalized spacial score (nSPS) is 14.2. The monoisotopic (exact) mass is 469 g/mol. The quantitative estimate of drug-likeness (QED) is 0.494. The summed E-state index contributed by atoms with van der Waals surface area (Å²) >= 11 is 6.08. The van der Waals surface area contributed by atoms with Crippen molar-refractivity contribution in [1.29, 1.82) is 0 Å². The Morgan fingerprint density at radius 3 is 2.52 bits per heavy atom. The largest absolute Gasteiger partial charge is 0.493 e. The maximum absolute atomic E-state index is 13.3. The summed E-state index contributed by atoms with van der Waals surface area (Å²) in [7, 11) is 3.12. The van der Waals surface area contributed by atoms with Crippen molar-refractivity contribution in [2.45, 2.75) is 44.7 Å². The summed E-state index contributed by atoms with van der Waals surface area (Å²) < 4.78 is 10.7. The number of carbonyl (C=O) groups excluding carboxylic acids is 1. The minimum absolute atomic E-state index is 0.0680. The van der Waals surface area contributed by atoms with Crippen LogP contribution in [0.2, 0.25) is 5.02 Å². The summed E-state index contributed by atoms with van der Waals surface area (Å²) in [6, 6.07) is 12.3. The first-order chi connectivity index (χ1) is 16.0. The molecular formula is C25H28ClN3O4. The van der Waals surface area contributed by atoms with Gasteiger partial charge in [0.2, 0.25) is 0 Å². The fourth-order valence-corrected chi connectivity index (χ4v) is 4.59. The number of rotatable bonds is 6. The van der Waals surface area contributed by atoms with E-state index in [-0.39, 0.29) is 24.2 Å². The van der Waals surface area contributed by atoms with Gasteiger partial charge in [0.25, 0.3) is 5.56 Å². The maximum atomic E-state index is 13.3. The first-order valence-corrected chi connectivity index (χ1v) is 11.5. The van der Waals surface area contributed by atoms with Crippen molar-refractivity contribution in [3.05, 3.63) is 63.4 Å². The number of urea groups is 1. The van der Waals surface area contributed by atoms with E-state index in [4.69, 9.17) is 21.1 Å². The van der Waals surface area contributed by atoms with Gasteiger partial charge in [-0.2, -0.15) is 0 Å². The van der Waals surface area contributed by atoms with Gasteiger partial charge in [0, 0.05) is 33.8 Å². The van der Waals surface area contributed by atoms with Crippen LogP contribution < -0.4 is 20.3 Å². The van der Waals surface area contributed by atoms with Crippen LogP contribution in [0, 0.1) is 0 Å². The molecule has 2 N–H and O–H groups in total. The van der Waals surface area contributed by atoms with Crippen molar-refractivity contribution >= 4 is 34.2 Å². The third kappa shape index (κ3) is 5.25. The maximum Gasteiger partial charge on any atom is 0.322 e. The molecule has 3 aromatic rings. The molecule has 1 aliphatic rings. The van der Waals surface area contributed by atoms with Gasteiger partial charge >= 0.3 is 6.03 Å². The number of anilines is 1. The molecule has 1 aliphatic carbocycles. The van der Waals surface area contributed by atoms with E-state index in [2.05, 4.69) is 10.3 Å². The van der Waals surface area contributed by atoms with Crippen LogP contribution in [0.1, 0.15) is 37.7 Å². The van der Waals surface area contributed by atoms with Gasteiger partial charge in [-0.15, -0.1) is 0 Å². The van der Waals surface area contributed by atoms with E-state index >= 15 is 0 Å². The summed E-state index contributed by atoms with van der Waals surface area (Å²) in [5.41, 5.74) is 1.55. The highest BCUT2D eigenvalue weighted by Crippen LogP contribution is 2.31. The molecule has 0 radical (unpaired) electrons. The van der Waals surface area contributed by atoms with Crippen LogP contribution in [0.3, 0.4) is 0 Å². The number of nitrogens with one attached hydrogen (secondary N) is 2. The lowest BCUT2D eigenvalue weighted by Crippen LogP contribution is -2.44. The number of carbonyl (C=O) groups is 1. The summed E-state index contributed by atoms with van der Waals surface area (Å²) in [5, 5.41) is 4.30. The lowest BCUT2D eigenvalue weighted by molar-refractivity contribution is 0.162. The lowest BCUT2D eigenvalue weighted by Gasteiger charge is -2.34. The van der Waals surface area contributed by atoms with E-state index in [1.807, 2.05) is 12.1 Å². The number of ether oxygens (including phenoxy) is 2. The molecule has 0 unspecified atom stereocenters. The van der Waals surface area contributed by atoms with E-state index in [0.29, 0.717) is 33.3 Å². The van der Waals surface area contributed by atoms with E-state index in [1.165, 1.54) is 6.42 Å². The van der Waals surface area contributed by atoms with Crippen molar-refractivity contribution in [2.75, 3.05) is 19.5 Å². The van der Waals surface area contributed by atoms with E-state index < -0.39 is 0 Å². The van der Waals surface area contributed by atoms with Gasteiger partial charge in [-0.1, -0.05) is 36.9 Å². The Hall–Kier alpha value is -3.19. The van der Waals surface area contributed by atoms with Gasteiger partial charge in [0.05, 0.1) is 26.3 Å². The highest BCUT2D eigenvalue weighted by molar-refractivity contribution is 6.30. The number of halogens is 1. The summed E-state index contributed by atoms with van der Waals surface area (Å²) in [6.45, 7) is 0.205. The third-order valence-corrected chi connectivity index (χ3v) is 6.35. The number of pyridine rings is 1. The van der Waals surface area contributed by atoms with Crippen molar-refractivity contribution in [3.63, 3.8) is 0 Å². The molecule has 1 heterocycles. The zero-order chi connectivity index (χ0) is 23.4. The predicted octanol–water partition coefficient (Wildman–Crippen LogP) is 5.57. The average Bonchev–Trinajstić information content (AvgIpc) is 2.82. The summed E-state index contributed by atoms with van der Waals surface area (Å²) in [5.74, 6) is 1.11. The fourth-order valence-electron chi connectivity index (χ4n) is 4.40. The first kappa shape index (κ1) is 23.0. The fraction of sp³-hybridized carbons (Fsp3) is 0.360. The van der Waals surface area contributed by atoms with E-state index in [1.54, 1.807) is 49.5 Å². The highest BCUT2D eigenvalue weighted by Gasteiger charge is 2.27. The number of aromatic nitrogens is 1. The minimum atomic E-state index is -0.240. The molecule has 7 nitrogen and oxygen atoms in total. The molecule has 0 atom stereocenters. The van der Waals surface area contributed by atoms with Crippen molar-refractivity contribution in [1.82, 2.24) is 9.88 Å². The second kappa shape index (κ2) is 10.2. The summed E-state index contributed by atoms with van der Waals surface area (Å²) in [6.07, 6.45) is 5.13. The van der Waals surface area contributed by atoms with Crippen LogP contribution >= 0.6 is 11.6 Å². The molecule has 33 heavy (non-hydrogen) atoms. The number of fused-ring (bicyclic) bond motifs is 1. The number of amides is 2. The summed E-state index contributed by atoms with van der Waals surface area (Å²) in [4.78, 5) is 30.9. The molecule has 0 spiro atoms. The van der Waals surface area contributed by atoms with Crippen LogP contribution in [0.4, 0.5) is 10.5 Å².